The molecule has 5 heteroatoms. The number of hydrogen-bond acceptors (Lipinski definition) is 3. The highest BCUT2D eigenvalue weighted by atomic mass is 16.2. The fourth-order valence-electron chi connectivity index (χ4n) is 3.91. The first-order valence-electron chi connectivity index (χ1n) is 9.03. The third-order valence-electron chi connectivity index (χ3n) is 5.64. The van der Waals surface area contributed by atoms with Gasteiger partial charge in [0.1, 0.15) is 0 Å². The number of pyridine rings is 1. The average molecular weight is 337 g/mol. The zero-order chi connectivity index (χ0) is 17.6. The van der Waals surface area contributed by atoms with Gasteiger partial charge in [-0.3, -0.25) is 14.6 Å². The summed E-state index contributed by atoms with van der Waals surface area (Å²) in [7, 11) is 0. The molecular weight excluding hydrogens is 314 g/mol. The molecule has 2 unspecified atom stereocenters. The first kappa shape index (κ1) is 16.1. The van der Waals surface area contributed by atoms with Gasteiger partial charge in [0.2, 0.25) is 5.91 Å². The third-order valence-corrected chi connectivity index (χ3v) is 5.64. The van der Waals surface area contributed by atoms with Crippen LogP contribution in [0, 0.1) is 11.8 Å². The molecule has 1 aromatic heterocycles. The molecule has 25 heavy (non-hydrogen) atoms. The quantitative estimate of drug-likeness (QED) is 0.935. The summed E-state index contributed by atoms with van der Waals surface area (Å²) in [6.07, 6.45) is 2.69. The van der Waals surface area contributed by atoms with E-state index < -0.39 is 5.91 Å². The summed E-state index contributed by atoms with van der Waals surface area (Å²) in [6, 6.07) is 9.62. The number of piperidine rings is 1. The second kappa shape index (κ2) is 6.14. The predicted molar refractivity (Wildman–Crippen MR) is 96.1 cm³/mol. The van der Waals surface area contributed by atoms with Crippen LogP contribution in [0.15, 0.2) is 30.3 Å². The van der Waals surface area contributed by atoms with E-state index in [1.807, 2.05) is 35.2 Å². The van der Waals surface area contributed by atoms with Gasteiger partial charge in [0, 0.05) is 30.3 Å². The van der Waals surface area contributed by atoms with Gasteiger partial charge in [0.05, 0.1) is 16.8 Å². The number of nitrogens with zero attached hydrogens (tertiary/aromatic N) is 2. The van der Waals surface area contributed by atoms with E-state index in [9.17, 15) is 9.59 Å². The van der Waals surface area contributed by atoms with Crippen LogP contribution in [0.3, 0.4) is 0 Å². The van der Waals surface area contributed by atoms with Crippen molar-refractivity contribution < 1.29 is 9.59 Å². The average Bonchev–Trinajstić information content (AvgIpc) is 3.36. The van der Waals surface area contributed by atoms with E-state index in [0.29, 0.717) is 17.4 Å². The second-order valence-electron chi connectivity index (χ2n) is 7.40. The highest BCUT2D eigenvalue weighted by Crippen LogP contribution is 2.40. The molecular formula is C20H23N3O2. The van der Waals surface area contributed by atoms with Crippen LogP contribution in [0.25, 0.3) is 10.9 Å². The Morgan fingerprint density at radius 1 is 1.20 bits per heavy atom. The van der Waals surface area contributed by atoms with Gasteiger partial charge in [-0.2, -0.15) is 0 Å². The Labute approximate surface area is 147 Å². The molecule has 0 spiro atoms. The number of fused-ring (bicyclic) bond motifs is 1. The number of primary amides is 1. The van der Waals surface area contributed by atoms with Gasteiger partial charge < -0.3 is 10.6 Å². The number of rotatable bonds is 3. The number of carbonyl (C=O) groups excluding carboxylic acids is 2. The fourth-order valence-corrected chi connectivity index (χ4v) is 3.91. The normalized spacial score (nSPS) is 23.6. The Hall–Kier alpha value is -2.43. The molecule has 1 aliphatic carbocycles. The summed E-state index contributed by atoms with van der Waals surface area (Å²) in [5.74, 6) is 0.809. The van der Waals surface area contributed by atoms with Crippen molar-refractivity contribution >= 4 is 22.7 Å². The van der Waals surface area contributed by atoms with Gasteiger partial charge in [-0.1, -0.05) is 25.1 Å². The van der Waals surface area contributed by atoms with Crippen LogP contribution >= 0.6 is 0 Å². The first-order chi connectivity index (χ1) is 12.0. The molecule has 1 aromatic carbocycles. The smallest absolute Gasteiger partial charge is 0.250 e. The Morgan fingerprint density at radius 3 is 2.52 bits per heavy atom. The summed E-state index contributed by atoms with van der Waals surface area (Å²) in [5.41, 5.74) is 7.79. The van der Waals surface area contributed by atoms with Gasteiger partial charge in [-0.15, -0.1) is 0 Å². The molecule has 130 valence electrons. The summed E-state index contributed by atoms with van der Waals surface area (Å²) < 4.78 is 0. The van der Waals surface area contributed by atoms with Crippen LogP contribution in [0.4, 0.5) is 0 Å². The maximum Gasteiger partial charge on any atom is 0.250 e. The van der Waals surface area contributed by atoms with Crippen LogP contribution in [-0.2, 0) is 4.79 Å². The van der Waals surface area contributed by atoms with Crippen molar-refractivity contribution in [3.63, 3.8) is 0 Å². The van der Waals surface area contributed by atoms with Crippen molar-refractivity contribution in [2.24, 2.45) is 17.6 Å². The molecule has 4 rings (SSSR count). The number of likely N-dealkylation sites (tertiary alicyclic amines) is 1. The van der Waals surface area contributed by atoms with Gasteiger partial charge in [-0.25, -0.2) is 0 Å². The Balaban J connectivity index is 1.57. The van der Waals surface area contributed by atoms with E-state index in [-0.39, 0.29) is 11.8 Å². The topological polar surface area (TPSA) is 76.3 Å². The molecule has 2 N–H and O–H groups in total. The van der Waals surface area contributed by atoms with Crippen molar-refractivity contribution in [1.29, 1.82) is 0 Å². The summed E-state index contributed by atoms with van der Waals surface area (Å²) in [4.78, 5) is 31.1. The summed E-state index contributed by atoms with van der Waals surface area (Å²) in [5, 5.41) is 0.926. The molecule has 2 heterocycles. The van der Waals surface area contributed by atoms with Crippen LogP contribution in [0.1, 0.15) is 48.2 Å². The maximum absolute atomic E-state index is 12.4. The van der Waals surface area contributed by atoms with Crippen molar-refractivity contribution in [3.05, 3.63) is 41.6 Å². The van der Waals surface area contributed by atoms with E-state index >= 15 is 0 Å². The molecule has 1 aliphatic heterocycles. The Kier molecular flexibility index (Phi) is 3.94. The molecule has 1 saturated carbocycles. The lowest BCUT2D eigenvalue weighted by Crippen LogP contribution is -2.39. The van der Waals surface area contributed by atoms with Crippen LogP contribution in [0.2, 0.25) is 0 Å². The minimum Gasteiger partial charge on any atom is -0.366 e. The molecule has 1 saturated heterocycles. The largest absolute Gasteiger partial charge is 0.366 e. The lowest BCUT2D eigenvalue weighted by Gasteiger charge is -2.32. The van der Waals surface area contributed by atoms with Gasteiger partial charge in [0.15, 0.2) is 0 Å². The van der Waals surface area contributed by atoms with E-state index in [4.69, 9.17) is 10.7 Å². The minimum absolute atomic E-state index is 0.174. The minimum atomic E-state index is -0.432. The van der Waals surface area contributed by atoms with Crippen LogP contribution in [0.5, 0.6) is 0 Å². The first-order valence-corrected chi connectivity index (χ1v) is 9.03. The van der Waals surface area contributed by atoms with E-state index in [2.05, 4.69) is 6.92 Å². The number of amides is 2. The van der Waals surface area contributed by atoms with Gasteiger partial charge in [-0.05, 0) is 37.3 Å². The lowest BCUT2D eigenvalue weighted by molar-refractivity contribution is -0.133. The molecule has 2 amide bonds. The fraction of sp³-hybridized carbons (Fsp3) is 0.450. The highest BCUT2D eigenvalue weighted by molar-refractivity contribution is 5.97. The molecule has 2 aliphatic rings. The molecule has 5 nitrogen and oxygen atoms in total. The number of carbonyl (C=O) groups is 2. The van der Waals surface area contributed by atoms with Gasteiger partial charge in [0.25, 0.3) is 5.91 Å². The lowest BCUT2D eigenvalue weighted by atomic mass is 9.89. The van der Waals surface area contributed by atoms with Crippen molar-refractivity contribution in [3.8, 4) is 0 Å². The third kappa shape index (κ3) is 2.99. The van der Waals surface area contributed by atoms with Crippen molar-refractivity contribution in [2.75, 3.05) is 13.1 Å². The highest BCUT2D eigenvalue weighted by Gasteiger charge is 2.42. The Morgan fingerprint density at radius 2 is 1.88 bits per heavy atom. The van der Waals surface area contributed by atoms with E-state index in [1.165, 1.54) is 0 Å². The molecule has 0 radical (unpaired) electrons. The van der Waals surface area contributed by atoms with Gasteiger partial charge >= 0.3 is 0 Å². The van der Waals surface area contributed by atoms with Crippen LogP contribution in [-0.4, -0.2) is 34.8 Å². The molecule has 2 fully saturated rings. The van der Waals surface area contributed by atoms with E-state index in [0.717, 1.165) is 48.9 Å². The van der Waals surface area contributed by atoms with E-state index in [1.54, 1.807) is 0 Å². The van der Waals surface area contributed by atoms with Crippen molar-refractivity contribution in [2.45, 2.75) is 32.1 Å². The predicted octanol–water partition coefficient (Wildman–Crippen LogP) is 2.70. The summed E-state index contributed by atoms with van der Waals surface area (Å²) in [6.45, 7) is 3.60. The molecule has 2 atom stereocenters. The number of benzene rings is 1. The number of nitrogens with two attached hydrogens (primary N) is 1. The zero-order valence-electron chi connectivity index (χ0n) is 14.4. The standard InChI is InChI=1S/C20H23N3O2/c1-12-10-15(12)20(25)23-8-6-13(7-9-23)18-16(19(21)24)11-14-4-2-3-5-17(14)22-18/h2-5,11-13,15H,6-10H2,1H3,(H2,21,24). The Bertz CT molecular complexity index is 840. The van der Waals surface area contributed by atoms with Crippen LogP contribution < -0.4 is 5.73 Å². The second-order valence-corrected chi connectivity index (χ2v) is 7.40. The zero-order valence-corrected chi connectivity index (χ0v) is 14.4. The number of para-hydroxylation sites is 1. The van der Waals surface area contributed by atoms with Crippen molar-refractivity contribution in [1.82, 2.24) is 9.88 Å². The molecule has 2 aromatic rings. The monoisotopic (exact) mass is 337 g/mol. The maximum atomic E-state index is 12.4. The SMILES string of the molecule is CC1CC1C(=O)N1CCC(c2nc3ccccc3cc2C(N)=O)CC1. The number of aromatic nitrogens is 1. The summed E-state index contributed by atoms with van der Waals surface area (Å²) >= 11 is 0. The molecule has 0 bridgehead atoms. The number of hydrogen-bond donors (Lipinski definition) is 1.